The summed E-state index contributed by atoms with van der Waals surface area (Å²) >= 11 is 0. The number of aliphatic carboxylic acids is 1. The van der Waals surface area contributed by atoms with Crippen LogP contribution in [0.2, 0.25) is 0 Å². The monoisotopic (exact) mass is 1050 g/mol. The molecule has 0 atom stereocenters. The number of hydrazone groups is 2. The molecule has 0 spiro atoms. The maximum absolute atomic E-state index is 14.0. The van der Waals surface area contributed by atoms with Gasteiger partial charge in [0, 0.05) is 11.3 Å². The van der Waals surface area contributed by atoms with Crippen LogP contribution in [0.25, 0.3) is 17.2 Å². The SMILES string of the molecule is Nc1ccc(N=Nc2ccc(S(=O)(=O)[O-])cc2)c(N=Nc2c(S(=O)(=O)[O-])cc3c(c2N)C(=O)/C(=N/Nc2ccc(-c4ccc(N/N=C5/C=CC(=O)C(C(=O)[O-])=C5)cc4)cc2)C(S(=O)(=O)[O-])=C3)c1.[Na+].[Na+].[Na+].[Na+]. The van der Waals surface area contributed by atoms with Crippen molar-refractivity contribution < 1.29 is 177 Å². The molecule has 71 heavy (non-hydrogen) atoms. The van der Waals surface area contributed by atoms with Crippen LogP contribution in [0.1, 0.15) is 15.9 Å². The minimum Gasteiger partial charge on any atom is -0.744 e. The van der Waals surface area contributed by atoms with Gasteiger partial charge in [-0.05, 0) is 114 Å². The van der Waals surface area contributed by atoms with Crippen molar-refractivity contribution in [3.05, 3.63) is 137 Å². The predicted octanol–water partition coefficient (Wildman–Crippen LogP) is -7.69. The zero-order valence-electron chi connectivity index (χ0n) is 37.4. The van der Waals surface area contributed by atoms with Crippen LogP contribution in [0.15, 0.2) is 166 Å². The number of nitrogens with one attached hydrogen (secondary N) is 2. The van der Waals surface area contributed by atoms with E-state index in [9.17, 15) is 58.4 Å². The van der Waals surface area contributed by atoms with Gasteiger partial charge in [0.1, 0.15) is 53.1 Å². The number of Topliss-reactive ketones (excluding diaryl/α,β-unsaturated/α-hetero) is 1. The van der Waals surface area contributed by atoms with E-state index in [1.807, 2.05) is 0 Å². The van der Waals surface area contributed by atoms with E-state index >= 15 is 0 Å². The van der Waals surface area contributed by atoms with Crippen molar-refractivity contribution in [3.63, 3.8) is 0 Å². The number of fused-ring (bicyclic) bond motifs is 1. The number of nitrogens with zero attached hydrogens (tertiary/aromatic N) is 6. The van der Waals surface area contributed by atoms with Crippen LogP contribution in [-0.4, -0.2) is 67.9 Å². The number of ketones is 2. The first kappa shape index (κ1) is 60.9. The average molecular weight is 1050 g/mol. The molecule has 0 amide bonds. The smallest absolute Gasteiger partial charge is 0.744 e. The molecular weight excluding hydrogens is 1030 g/mol. The Morgan fingerprint density at radius 1 is 0.592 bits per heavy atom. The van der Waals surface area contributed by atoms with E-state index in [4.69, 9.17) is 11.5 Å². The molecule has 0 bridgehead atoms. The number of azo groups is 2. The van der Waals surface area contributed by atoms with Crippen LogP contribution in [0.3, 0.4) is 0 Å². The normalized spacial score (nSPS) is 14.6. The molecule has 0 radical (unpaired) electrons. The van der Waals surface area contributed by atoms with Crippen molar-refractivity contribution >= 4 is 111 Å². The van der Waals surface area contributed by atoms with Gasteiger partial charge in [-0.1, -0.05) is 24.3 Å². The fourth-order valence-corrected chi connectivity index (χ4v) is 7.93. The minimum atomic E-state index is -5.51. The molecule has 0 heterocycles. The average Bonchev–Trinajstić information content (AvgIpc) is 3.27. The molecule has 7 rings (SSSR count). The van der Waals surface area contributed by atoms with Crippen LogP contribution in [0, 0.1) is 0 Å². The van der Waals surface area contributed by atoms with Crippen molar-refractivity contribution in [2.45, 2.75) is 9.79 Å². The summed E-state index contributed by atoms with van der Waals surface area (Å²) in [5, 5.41) is 34.9. The number of hydrogen-bond acceptors (Lipinski definition) is 23. The van der Waals surface area contributed by atoms with Gasteiger partial charge in [0.15, 0.2) is 5.78 Å². The Morgan fingerprint density at radius 2 is 1.15 bits per heavy atom. The van der Waals surface area contributed by atoms with E-state index in [2.05, 4.69) is 41.5 Å². The molecule has 2 aliphatic rings. The molecule has 5 aromatic carbocycles. The zero-order valence-corrected chi connectivity index (χ0v) is 47.9. The number of carboxylic acid groups (broad SMARTS) is 1. The van der Waals surface area contributed by atoms with Crippen molar-refractivity contribution in [1.29, 1.82) is 0 Å². The Kier molecular flexibility index (Phi) is 21.5. The second-order valence-corrected chi connectivity index (χ2v) is 17.9. The number of carboxylic acids is 1. The molecule has 23 nitrogen and oxygen atoms in total. The number of rotatable bonds is 13. The summed E-state index contributed by atoms with van der Waals surface area (Å²) in [6, 6.07) is 22.0. The van der Waals surface area contributed by atoms with Crippen molar-refractivity contribution in [3.8, 4) is 11.1 Å². The first-order chi connectivity index (χ1) is 31.6. The van der Waals surface area contributed by atoms with Gasteiger partial charge >= 0.3 is 118 Å². The second kappa shape index (κ2) is 25.0. The quantitative estimate of drug-likeness (QED) is 0.0162. The molecule has 340 valence electrons. The fraction of sp³-hybridized carbons (Fsp3) is 0. The number of nitrogens with two attached hydrogens (primary N) is 2. The van der Waals surface area contributed by atoms with Crippen LogP contribution in [-0.2, 0) is 39.9 Å². The number of allylic oxidation sites excluding steroid dienone is 4. The first-order valence-electron chi connectivity index (χ1n) is 18.5. The van der Waals surface area contributed by atoms with Gasteiger partial charge < -0.3 is 35.0 Å². The Morgan fingerprint density at radius 3 is 1.69 bits per heavy atom. The van der Waals surface area contributed by atoms with E-state index in [0.717, 1.165) is 24.3 Å². The summed E-state index contributed by atoms with van der Waals surface area (Å²) in [7, 11) is -15.7. The maximum Gasteiger partial charge on any atom is 1.00 e. The number of hydrogen-bond donors (Lipinski definition) is 4. The summed E-state index contributed by atoms with van der Waals surface area (Å²) in [5.41, 5.74) is 15.4. The summed E-state index contributed by atoms with van der Waals surface area (Å²) in [5.74, 6) is -3.63. The Balaban J connectivity index is 0.00000333. The van der Waals surface area contributed by atoms with E-state index in [1.165, 1.54) is 48.5 Å². The van der Waals surface area contributed by atoms with Crippen LogP contribution >= 0.6 is 0 Å². The Hall–Kier alpha value is -4.40. The zero-order chi connectivity index (χ0) is 48.4. The minimum absolute atomic E-state index is 0. The van der Waals surface area contributed by atoms with E-state index in [-0.39, 0.29) is 152 Å². The molecule has 0 aliphatic heterocycles. The molecule has 2 aliphatic carbocycles. The molecule has 0 unspecified atom stereocenters. The number of carbonyl (C=O) groups excluding carboxylic acids is 3. The summed E-state index contributed by atoms with van der Waals surface area (Å²) < 4.78 is 109. The third kappa shape index (κ3) is 14.9. The van der Waals surface area contributed by atoms with Gasteiger partial charge in [0.25, 0.3) is 0 Å². The molecule has 5 aromatic rings. The molecule has 0 fully saturated rings. The second-order valence-electron chi connectivity index (χ2n) is 13.9. The fourth-order valence-electron chi connectivity index (χ4n) is 6.16. The van der Waals surface area contributed by atoms with Crippen LogP contribution in [0.5, 0.6) is 0 Å². The van der Waals surface area contributed by atoms with Gasteiger partial charge in [0.2, 0.25) is 5.78 Å². The third-order valence-electron chi connectivity index (χ3n) is 9.39. The molecule has 6 N–H and O–H groups in total. The third-order valence-corrected chi connectivity index (χ3v) is 11.9. The first-order valence-corrected chi connectivity index (χ1v) is 22.8. The van der Waals surface area contributed by atoms with Crippen molar-refractivity contribution in [2.24, 2.45) is 30.7 Å². The Bertz CT molecular complexity index is 3520. The summed E-state index contributed by atoms with van der Waals surface area (Å²) in [4.78, 5) is 34.0. The molecule has 0 aromatic heterocycles. The molecule has 0 saturated heterocycles. The standard InChI is InChI=1S/C41H30N10O13S3.4Na/c42-24-5-15-31(48-45-27-10-13-29(14-11-27)65(56,57)58)32(19-24)49-50-38-34(66(59,60)61)17-23-18-35(67(62,63)64)39(40(53)36(23)37(38)43)51-46-26-8-3-22(4-9-26)21-1-6-25(7-2-21)44-47-28-12-16-33(52)30(20-28)41(54)55;;;;/h1-20,44,46H,42-43H2,(H,54,55)(H,56,57,58)(H,59,60,61)(H,62,63,64);;;;/q;4*+1/p-4/b47-28-,48-45?,50-49?,51-39+;;;;. The topological polar surface area (TPSA) is 396 Å². The number of nitrogen functional groups attached to an aromatic ring is 2. The summed E-state index contributed by atoms with van der Waals surface area (Å²) in [6.45, 7) is 0. The van der Waals surface area contributed by atoms with E-state index in [1.54, 1.807) is 36.4 Å². The van der Waals surface area contributed by atoms with Gasteiger partial charge in [-0.25, -0.2) is 25.3 Å². The van der Waals surface area contributed by atoms with E-state index in [0.29, 0.717) is 29.0 Å². The van der Waals surface area contributed by atoms with Gasteiger partial charge in [-0.15, -0.1) is 15.3 Å². The molecule has 0 saturated carbocycles. The van der Waals surface area contributed by atoms with Crippen LogP contribution < -0.4 is 146 Å². The molecule has 30 heteroatoms. The Labute approximate surface area is 492 Å². The van der Waals surface area contributed by atoms with Gasteiger partial charge in [-0.2, -0.15) is 15.3 Å². The summed E-state index contributed by atoms with van der Waals surface area (Å²) in [6.07, 6.45) is 4.08. The maximum atomic E-state index is 14.0. The van der Waals surface area contributed by atoms with Crippen molar-refractivity contribution in [2.75, 3.05) is 22.3 Å². The van der Waals surface area contributed by atoms with Gasteiger partial charge in [-0.3, -0.25) is 20.4 Å². The number of benzene rings is 5. The predicted molar refractivity (Wildman–Crippen MR) is 236 cm³/mol. The van der Waals surface area contributed by atoms with Crippen molar-refractivity contribution in [1.82, 2.24) is 0 Å². The van der Waals surface area contributed by atoms with E-state index < -0.39 is 96.4 Å². The largest absolute Gasteiger partial charge is 1.00 e. The van der Waals surface area contributed by atoms with Crippen LogP contribution in [0.4, 0.5) is 45.5 Å². The number of carbonyl (C=O) groups is 3. The number of anilines is 4. The van der Waals surface area contributed by atoms with Gasteiger partial charge in [0.05, 0.1) is 54.7 Å². The molecular formula is C41H26N10Na4O13S3.